The summed E-state index contributed by atoms with van der Waals surface area (Å²) in [7, 11) is 0. The van der Waals surface area contributed by atoms with E-state index >= 15 is 0 Å². The molecule has 0 amide bonds. The second-order valence-corrected chi connectivity index (χ2v) is 4.17. The van der Waals surface area contributed by atoms with E-state index in [4.69, 9.17) is 10.5 Å². The van der Waals surface area contributed by atoms with Crippen LogP contribution in [0.15, 0.2) is 0 Å². The molecule has 0 saturated carbocycles. The van der Waals surface area contributed by atoms with Crippen LogP contribution in [0.5, 0.6) is 0 Å². The maximum Gasteiger partial charge on any atom is 0.0675 e. The minimum absolute atomic E-state index is 0.159. The maximum atomic E-state index is 5.59. The first-order valence-electron chi connectivity index (χ1n) is 4.63. The van der Waals surface area contributed by atoms with Gasteiger partial charge in [0.1, 0.15) is 0 Å². The molecule has 0 aromatic carbocycles. The normalized spacial score (nSPS) is 30.5. The van der Waals surface area contributed by atoms with Crippen LogP contribution in [-0.2, 0) is 4.74 Å². The number of nitrogens with zero attached hydrogens (tertiary/aromatic N) is 1. The molecule has 12 heavy (non-hydrogen) atoms. The van der Waals surface area contributed by atoms with Crippen LogP contribution >= 0.6 is 0 Å². The SMILES string of the molecule is CC1CN(CCN)C(C)(C)CO1. The van der Waals surface area contributed by atoms with Crippen LogP contribution in [0, 0.1) is 0 Å². The van der Waals surface area contributed by atoms with Crippen molar-refractivity contribution in [3.8, 4) is 0 Å². The van der Waals surface area contributed by atoms with Gasteiger partial charge < -0.3 is 10.5 Å². The van der Waals surface area contributed by atoms with Crippen molar-refractivity contribution in [2.24, 2.45) is 5.73 Å². The highest BCUT2D eigenvalue weighted by molar-refractivity contribution is 4.86. The molecule has 1 fully saturated rings. The van der Waals surface area contributed by atoms with Gasteiger partial charge in [-0.1, -0.05) is 0 Å². The predicted octanol–water partition coefficient (Wildman–Crippen LogP) is 0.444. The van der Waals surface area contributed by atoms with Crippen LogP contribution in [0.4, 0.5) is 0 Å². The Morgan fingerprint density at radius 1 is 1.58 bits per heavy atom. The zero-order valence-corrected chi connectivity index (χ0v) is 8.34. The van der Waals surface area contributed by atoms with Crippen molar-refractivity contribution in [3.63, 3.8) is 0 Å². The monoisotopic (exact) mass is 172 g/mol. The van der Waals surface area contributed by atoms with Crippen LogP contribution in [0.1, 0.15) is 20.8 Å². The lowest BCUT2D eigenvalue weighted by Gasteiger charge is -2.44. The molecule has 0 radical (unpaired) electrons. The third-order valence-electron chi connectivity index (χ3n) is 2.45. The summed E-state index contributed by atoms with van der Waals surface area (Å²) in [5.41, 5.74) is 5.70. The molecular formula is C9H20N2O. The zero-order valence-electron chi connectivity index (χ0n) is 8.34. The molecule has 2 N–H and O–H groups in total. The molecule has 1 atom stereocenters. The summed E-state index contributed by atoms with van der Waals surface area (Å²) in [6, 6.07) is 0. The molecule has 1 aliphatic rings. The van der Waals surface area contributed by atoms with E-state index in [9.17, 15) is 0 Å². The number of hydrogen-bond acceptors (Lipinski definition) is 3. The van der Waals surface area contributed by atoms with Crippen molar-refractivity contribution in [2.75, 3.05) is 26.2 Å². The molecule has 3 nitrogen and oxygen atoms in total. The molecule has 72 valence electrons. The van der Waals surface area contributed by atoms with E-state index in [0.29, 0.717) is 6.10 Å². The zero-order chi connectivity index (χ0) is 9.19. The Morgan fingerprint density at radius 3 is 2.83 bits per heavy atom. The van der Waals surface area contributed by atoms with Crippen LogP contribution < -0.4 is 5.73 Å². The van der Waals surface area contributed by atoms with Gasteiger partial charge in [-0.05, 0) is 20.8 Å². The third-order valence-corrected chi connectivity index (χ3v) is 2.45. The van der Waals surface area contributed by atoms with Gasteiger partial charge in [-0.3, -0.25) is 4.90 Å². The highest BCUT2D eigenvalue weighted by Crippen LogP contribution is 2.20. The van der Waals surface area contributed by atoms with Crippen LogP contribution in [-0.4, -0.2) is 42.8 Å². The van der Waals surface area contributed by atoms with Gasteiger partial charge >= 0.3 is 0 Å². The number of ether oxygens (including phenoxy) is 1. The number of rotatable bonds is 2. The number of hydrogen-bond donors (Lipinski definition) is 1. The number of nitrogens with two attached hydrogens (primary N) is 1. The van der Waals surface area contributed by atoms with Gasteiger partial charge in [0.05, 0.1) is 12.7 Å². The first kappa shape index (κ1) is 9.96. The highest BCUT2D eigenvalue weighted by atomic mass is 16.5. The minimum atomic E-state index is 0.159. The maximum absolute atomic E-state index is 5.59. The summed E-state index contributed by atoms with van der Waals surface area (Å²) < 4.78 is 5.59. The molecule has 0 aliphatic carbocycles. The fourth-order valence-corrected chi connectivity index (χ4v) is 1.60. The first-order valence-corrected chi connectivity index (χ1v) is 4.63. The van der Waals surface area contributed by atoms with Crippen molar-refractivity contribution >= 4 is 0 Å². The average Bonchev–Trinajstić information content (AvgIpc) is 1.98. The van der Waals surface area contributed by atoms with E-state index < -0.39 is 0 Å². The Balaban J connectivity index is 2.52. The molecule has 1 aliphatic heterocycles. The van der Waals surface area contributed by atoms with Crippen molar-refractivity contribution in [3.05, 3.63) is 0 Å². The minimum Gasteiger partial charge on any atom is -0.375 e. The smallest absolute Gasteiger partial charge is 0.0675 e. The fraction of sp³-hybridized carbons (Fsp3) is 1.00. The van der Waals surface area contributed by atoms with Crippen molar-refractivity contribution in [1.82, 2.24) is 4.90 Å². The molecule has 1 unspecified atom stereocenters. The second-order valence-electron chi connectivity index (χ2n) is 4.17. The van der Waals surface area contributed by atoms with Gasteiger partial charge in [0, 0.05) is 25.2 Å². The largest absolute Gasteiger partial charge is 0.375 e. The highest BCUT2D eigenvalue weighted by Gasteiger charge is 2.32. The number of morpholine rings is 1. The predicted molar refractivity (Wildman–Crippen MR) is 50.1 cm³/mol. The fourth-order valence-electron chi connectivity index (χ4n) is 1.60. The standard InChI is InChI=1S/C9H20N2O/c1-8-6-11(5-4-10)9(2,3)7-12-8/h8H,4-7,10H2,1-3H3. The van der Waals surface area contributed by atoms with Crippen LogP contribution in [0.25, 0.3) is 0 Å². The van der Waals surface area contributed by atoms with Gasteiger partial charge in [0.25, 0.3) is 0 Å². The molecule has 0 bridgehead atoms. The Labute approximate surface area is 74.9 Å². The van der Waals surface area contributed by atoms with Crippen LogP contribution in [0.3, 0.4) is 0 Å². The molecule has 1 heterocycles. The lowest BCUT2D eigenvalue weighted by atomic mass is 10.0. The van der Waals surface area contributed by atoms with Crippen LogP contribution in [0.2, 0.25) is 0 Å². The second kappa shape index (κ2) is 3.73. The molecule has 1 saturated heterocycles. The van der Waals surface area contributed by atoms with Crippen molar-refractivity contribution in [2.45, 2.75) is 32.4 Å². The van der Waals surface area contributed by atoms with E-state index in [1.807, 2.05) is 0 Å². The Kier molecular flexibility index (Phi) is 3.09. The Hall–Kier alpha value is -0.120. The quantitative estimate of drug-likeness (QED) is 0.657. The lowest BCUT2D eigenvalue weighted by Crippen LogP contribution is -2.56. The average molecular weight is 172 g/mol. The van der Waals surface area contributed by atoms with Gasteiger partial charge in [-0.2, -0.15) is 0 Å². The summed E-state index contributed by atoms with van der Waals surface area (Å²) in [5.74, 6) is 0. The Morgan fingerprint density at radius 2 is 2.25 bits per heavy atom. The van der Waals surface area contributed by atoms with E-state index in [1.54, 1.807) is 0 Å². The molecule has 0 aromatic heterocycles. The molecule has 3 heteroatoms. The topological polar surface area (TPSA) is 38.5 Å². The summed E-state index contributed by atoms with van der Waals surface area (Å²) >= 11 is 0. The van der Waals surface area contributed by atoms with Crippen molar-refractivity contribution < 1.29 is 4.74 Å². The van der Waals surface area contributed by atoms with Gasteiger partial charge in [0.15, 0.2) is 0 Å². The molecule has 1 rings (SSSR count). The van der Waals surface area contributed by atoms with E-state index in [-0.39, 0.29) is 5.54 Å². The summed E-state index contributed by atoms with van der Waals surface area (Å²) in [6.07, 6.45) is 0.351. The van der Waals surface area contributed by atoms with Crippen molar-refractivity contribution in [1.29, 1.82) is 0 Å². The lowest BCUT2D eigenvalue weighted by molar-refractivity contribution is -0.0898. The van der Waals surface area contributed by atoms with E-state index in [0.717, 1.165) is 26.2 Å². The summed E-state index contributed by atoms with van der Waals surface area (Å²) in [4.78, 5) is 2.40. The van der Waals surface area contributed by atoms with Gasteiger partial charge in [-0.15, -0.1) is 0 Å². The molecule has 0 aromatic rings. The molecular weight excluding hydrogens is 152 g/mol. The summed E-state index contributed by atoms with van der Waals surface area (Å²) in [5, 5.41) is 0. The van der Waals surface area contributed by atoms with E-state index in [1.165, 1.54) is 0 Å². The third kappa shape index (κ3) is 2.19. The molecule has 0 spiro atoms. The van der Waals surface area contributed by atoms with E-state index in [2.05, 4.69) is 25.7 Å². The van der Waals surface area contributed by atoms with Gasteiger partial charge in [0.2, 0.25) is 0 Å². The van der Waals surface area contributed by atoms with Gasteiger partial charge in [-0.25, -0.2) is 0 Å². The Bertz CT molecular complexity index is 147. The first-order chi connectivity index (χ1) is 5.56. The summed E-state index contributed by atoms with van der Waals surface area (Å²) in [6.45, 7) is 10.0.